The van der Waals surface area contributed by atoms with Gasteiger partial charge in [0.1, 0.15) is 5.03 Å². The summed E-state index contributed by atoms with van der Waals surface area (Å²) in [7, 11) is 0. The molecular formula is C9H11ClN2O2S. The first-order chi connectivity index (χ1) is 7.13. The molecule has 0 saturated heterocycles. The zero-order valence-corrected chi connectivity index (χ0v) is 9.79. The van der Waals surface area contributed by atoms with E-state index in [2.05, 4.69) is 4.98 Å². The van der Waals surface area contributed by atoms with Gasteiger partial charge in [0.05, 0.1) is 4.92 Å². The molecule has 82 valence electrons. The Bertz CT molecular complexity index is 349. The Morgan fingerprint density at radius 2 is 2.47 bits per heavy atom. The highest BCUT2D eigenvalue weighted by Gasteiger charge is 2.09. The quantitative estimate of drug-likeness (QED) is 0.347. The number of alkyl halides is 1. The van der Waals surface area contributed by atoms with Gasteiger partial charge in [-0.15, -0.1) is 23.4 Å². The lowest BCUT2D eigenvalue weighted by Gasteiger charge is -2.07. The summed E-state index contributed by atoms with van der Waals surface area (Å²) in [5.74, 6) is 0.586. The molecule has 0 spiro atoms. The topological polar surface area (TPSA) is 56.0 Å². The third kappa shape index (κ3) is 4.05. The first kappa shape index (κ1) is 12.3. The first-order valence-corrected chi connectivity index (χ1v) is 5.88. The van der Waals surface area contributed by atoms with Crippen molar-refractivity contribution in [2.45, 2.75) is 23.6 Å². The van der Waals surface area contributed by atoms with E-state index in [1.807, 2.05) is 6.92 Å². The van der Waals surface area contributed by atoms with E-state index < -0.39 is 4.92 Å². The van der Waals surface area contributed by atoms with Crippen molar-refractivity contribution in [1.29, 1.82) is 0 Å². The minimum absolute atomic E-state index is 0.0746. The van der Waals surface area contributed by atoms with Gasteiger partial charge in [-0.1, -0.05) is 6.92 Å². The highest BCUT2D eigenvalue weighted by Crippen LogP contribution is 2.25. The van der Waals surface area contributed by atoms with E-state index in [4.69, 9.17) is 11.6 Å². The molecule has 1 aromatic rings. The Morgan fingerprint density at radius 1 is 1.73 bits per heavy atom. The van der Waals surface area contributed by atoms with Gasteiger partial charge in [-0.05, 0) is 6.42 Å². The number of rotatable bonds is 5. The molecule has 0 radical (unpaired) electrons. The van der Waals surface area contributed by atoms with Crippen molar-refractivity contribution in [3.63, 3.8) is 0 Å². The van der Waals surface area contributed by atoms with Crippen molar-refractivity contribution in [1.82, 2.24) is 4.98 Å². The lowest BCUT2D eigenvalue weighted by molar-refractivity contribution is -0.385. The van der Waals surface area contributed by atoms with Crippen LogP contribution in [0.25, 0.3) is 0 Å². The maximum absolute atomic E-state index is 10.5. The Morgan fingerprint density at radius 3 is 3.07 bits per heavy atom. The van der Waals surface area contributed by atoms with Gasteiger partial charge in [0.15, 0.2) is 0 Å². The van der Waals surface area contributed by atoms with Crippen molar-refractivity contribution in [2.75, 3.05) is 5.88 Å². The van der Waals surface area contributed by atoms with Crippen molar-refractivity contribution in [3.05, 3.63) is 28.4 Å². The van der Waals surface area contributed by atoms with E-state index in [1.165, 1.54) is 30.1 Å². The molecule has 0 aliphatic heterocycles. The fourth-order valence-electron chi connectivity index (χ4n) is 0.996. The number of halogens is 1. The molecule has 1 heterocycles. The van der Waals surface area contributed by atoms with Gasteiger partial charge in [0, 0.05) is 29.5 Å². The Kier molecular flexibility index (Phi) is 4.84. The van der Waals surface area contributed by atoms with Crippen LogP contribution in [0.1, 0.15) is 13.3 Å². The molecule has 6 heteroatoms. The van der Waals surface area contributed by atoms with Crippen LogP contribution in [0.15, 0.2) is 23.4 Å². The summed E-state index contributed by atoms with van der Waals surface area (Å²) in [5.41, 5.74) is 0.0746. The summed E-state index contributed by atoms with van der Waals surface area (Å²) >= 11 is 7.10. The summed E-state index contributed by atoms with van der Waals surface area (Å²) in [6, 6.07) is 2.87. The Hall–Kier alpha value is -0.810. The molecule has 1 aromatic heterocycles. The third-order valence-corrected chi connectivity index (χ3v) is 3.09. The molecule has 0 fully saturated rings. The second kappa shape index (κ2) is 5.92. The van der Waals surface area contributed by atoms with E-state index in [-0.39, 0.29) is 5.69 Å². The van der Waals surface area contributed by atoms with Crippen LogP contribution in [-0.2, 0) is 0 Å². The molecule has 0 N–H and O–H groups in total. The van der Waals surface area contributed by atoms with Gasteiger partial charge in [-0.2, -0.15) is 0 Å². The van der Waals surface area contributed by atoms with E-state index in [9.17, 15) is 10.1 Å². The van der Waals surface area contributed by atoms with Crippen LogP contribution in [0.5, 0.6) is 0 Å². The largest absolute Gasteiger partial charge is 0.273 e. The average molecular weight is 247 g/mol. The van der Waals surface area contributed by atoms with E-state index in [0.29, 0.717) is 16.2 Å². The lowest BCUT2D eigenvalue weighted by atomic mass is 10.4. The predicted octanol–water partition coefficient (Wildman–Crippen LogP) is 3.10. The second-order valence-corrected chi connectivity index (χ2v) is 4.85. The average Bonchev–Trinajstić information content (AvgIpc) is 2.18. The molecular weight excluding hydrogens is 236 g/mol. The highest BCUT2D eigenvalue weighted by molar-refractivity contribution is 7.99. The molecule has 0 aliphatic carbocycles. The van der Waals surface area contributed by atoms with Crippen LogP contribution in [0.4, 0.5) is 5.69 Å². The highest BCUT2D eigenvalue weighted by atomic mass is 35.5. The Labute approximate surface area is 97.2 Å². The number of nitro groups is 1. The predicted molar refractivity (Wildman–Crippen MR) is 61.5 cm³/mol. The molecule has 0 aliphatic rings. The molecule has 15 heavy (non-hydrogen) atoms. The number of hydrogen-bond donors (Lipinski definition) is 0. The minimum atomic E-state index is -0.419. The molecule has 0 bridgehead atoms. The van der Waals surface area contributed by atoms with Crippen molar-refractivity contribution >= 4 is 29.1 Å². The van der Waals surface area contributed by atoms with Crippen LogP contribution in [-0.4, -0.2) is 21.0 Å². The fourth-order valence-corrected chi connectivity index (χ4v) is 2.41. The number of aromatic nitrogens is 1. The van der Waals surface area contributed by atoms with E-state index in [0.717, 1.165) is 6.42 Å². The summed E-state index contributed by atoms with van der Waals surface area (Å²) in [4.78, 5) is 14.2. The fraction of sp³-hybridized carbons (Fsp3) is 0.444. The lowest BCUT2D eigenvalue weighted by Crippen LogP contribution is -1.98. The summed E-state index contributed by atoms with van der Waals surface area (Å²) in [6.07, 6.45) is 2.31. The van der Waals surface area contributed by atoms with Crippen molar-refractivity contribution in [3.8, 4) is 0 Å². The number of nitrogens with zero attached hydrogens (tertiary/aromatic N) is 2. The summed E-state index contributed by atoms with van der Waals surface area (Å²) in [5, 5.41) is 11.5. The van der Waals surface area contributed by atoms with Crippen LogP contribution in [0, 0.1) is 10.1 Å². The minimum Gasteiger partial charge on any atom is -0.258 e. The van der Waals surface area contributed by atoms with Crippen molar-refractivity contribution < 1.29 is 4.92 Å². The monoisotopic (exact) mass is 246 g/mol. The van der Waals surface area contributed by atoms with Gasteiger partial charge in [0.25, 0.3) is 5.69 Å². The number of thioether (sulfide) groups is 1. The molecule has 1 unspecified atom stereocenters. The third-order valence-electron chi connectivity index (χ3n) is 1.77. The molecule has 0 aromatic carbocycles. The zero-order chi connectivity index (χ0) is 11.3. The number of pyridine rings is 1. The van der Waals surface area contributed by atoms with Gasteiger partial charge in [0.2, 0.25) is 0 Å². The first-order valence-electron chi connectivity index (χ1n) is 4.46. The molecule has 1 rings (SSSR count). The van der Waals surface area contributed by atoms with E-state index in [1.54, 1.807) is 0 Å². The van der Waals surface area contributed by atoms with Crippen molar-refractivity contribution in [2.24, 2.45) is 0 Å². The zero-order valence-electron chi connectivity index (χ0n) is 8.22. The van der Waals surface area contributed by atoms with Gasteiger partial charge in [-0.25, -0.2) is 4.98 Å². The maximum Gasteiger partial charge on any atom is 0.273 e. The van der Waals surface area contributed by atoms with Gasteiger partial charge in [-0.3, -0.25) is 10.1 Å². The SMILES string of the molecule is CC(CCCl)Sc1cc([N+](=O)[O-])ccn1. The Balaban J connectivity index is 2.69. The van der Waals surface area contributed by atoms with Crippen LogP contribution >= 0.6 is 23.4 Å². The van der Waals surface area contributed by atoms with Gasteiger partial charge >= 0.3 is 0 Å². The second-order valence-electron chi connectivity index (χ2n) is 3.02. The maximum atomic E-state index is 10.5. The summed E-state index contributed by atoms with van der Waals surface area (Å²) in [6.45, 7) is 2.02. The smallest absolute Gasteiger partial charge is 0.258 e. The van der Waals surface area contributed by atoms with E-state index >= 15 is 0 Å². The van der Waals surface area contributed by atoms with Crippen LogP contribution < -0.4 is 0 Å². The van der Waals surface area contributed by atoms with Gasteiger partial charge < -0.3 is 0 Å². The molecule has 0 saturated carbocycles. The molecule has 0 amide bonds. The molecule has 1 atom stereocenters. The molecule has 4 nitrogen and oxygen atoms in total. The number of hydrogen-bond acceptors (Lipinski definition) is 4. The van der Waals surface area contributed by atoms with Crippen LogP contribution in [0.3, 0.4) is 0 Å². The normalized spacial score (nSPS) is 12.4. The standard InChI is InChI=1S/C9H11ClN2O2S/c1-7(2-4-10)15-9-6-8(12(13)14)3-5-11-9/h3,5-7H,2,4H2,1H3. The van der Waals surface area contributed by atoms with Crippen LogP contribution in [0.2, 0.25) is 0 Å². The summed E-state index contributed by atoms with van der Waals surface area (Å²) < 4.78 is 0.